The highest BCUT2D eigenvalue weighted by atomic mass is 35.5. The normalized spacial score (nSPS) is 16.7. The molecule has 1 amide bonds. The zero-order valence-electron chi connectivity index (χ0n) is 10.9. The molecule has 1 rings (SSSR count). The summed E-state index contributed by atoms with van der Waals surface area (Å²) in [6, 6.07) is 0.394. The summed E-state index contributed by atoms with van der Waals surface area (Å²) in [6.45, 7) is 2.35. The van der Waals surface area contributed by atoms with E-state index in [-0.39, 0.29) is 16.5 Å². The van der Waals surface area contributed by atoms with Gasteiger partial charge in [-0.25, -0.2) is 8.78 Å². The number of hydrogen-bond donors (Lipinski definition) is 1. The minimum absolute atomic E-state index is 0.0516. The molecule has 0 aliphatic heterocycles. The number of hydrogen-bond acceptors (Lipinski definition) is 1. The van der Waals surface area contributed by atoms with Crippen molar-refractivity contribution in [2.75, 3.05) is 0 Å². The van der Waals surface area contributed by atoms with Crippen molar-refractivity contribution in [3.8, 4) is 0 Å². The molecule has 0 radical (unpaired) electrons. The van der Waals surface area contributed by atoms with Gasteiger partial charge in [-0.05, 0) is 37.1 Å². The maximum atomic E-state index is 13.4. The Balaban J connectivity index is 3.23. The number of rotatable bonds is 4. The van der Waals surface area contributed by atoms with Gasteiger partial charge in [0.15, 0.2) is 6.17 Å². The molecule has 1 aromatic carbocycles. The summed E-state index contributed by atoms with van der Waals surface area (Å²) in [5, 5.41) is 2.23. The van der Waals surface area contributed by atoms with E-state index in [1.165, 1.54) is 6.92 Å². The first-order valence-corrected chi connectivity index (χ1v) is 6.10. The number of amides is 1. The SMILES string of the molecule is [2H][C@@](C)(NC(=O)[C@@H](C)F)c1cc(F)cc(Cl)c1CCl. The predicted octanol–water partition coefficient (Wildman–Crippen LogP) is 3.75. The number of carbonyl (C=O) groups is 1. The van der Waals surface area contributed by atoms with Crippen molar-refractivity contribution in [1.29, 1.82) is 0 Å². The van der Waals surface area contributed by atoms with Gasteiger partial charge in [0, 0.05) is 10.9 Å². The maximum Gasteiger partial charge on any atom is 0.254 e. The standard InChI is InChI=1S/C12H13Cl2F2NO/c1-6(15)12(18)17-7(2)9-3-8(16)4-11(14)10(9)5-13/h3-4,6-7H,5H2,1-2H3,(H,17,18)/t6-,7+/m1/s1/i7D. The fraction of sp³-hybridized carbons (Fsp3) is 0.417. The van der Waals surface area contributed by atoms with Crippen molar-refractivity contribution < 1.29 is 14.9 Å². The Kier molecular flexibility index (Phi) is 4.78. The Morgan fingerprint density at radius 1 is 1.56 bits per heavy atom. The molecule has 0 aliphatic carbocycles. The first kappa shape index (κ1) is 13.6. The van der Waals surface area contributed by atoms with Gasteiger partial charge < -0.3 is 5.32 Å². The van der Waals surface area contributed by atoms with E-state index in [0.717, 1.165) is 19.1 Å². The molecule has 100 valence electrons. The summed E-state index contributed by atoms with van der Waals surface area (Å²) in [5.41, 5.74) is 0.426. The largest absolute Gasteiger partial charge is 0.347 e. The van der Waals surface area contributed by atoms with Crippen molar-refractivity contribution in [3.05, 3.63) is 34.1 Å². The molecular weight excluding hydrogens is 283 g/mol. The summed E-state index contributed by atoms with van der Waals surface area (Å²) < 4.78 is 34.3. The lowest BCUT2D eigenvalue weighted by Crippen LogP contribution is -2.32. The number of nitrogens with one attached hydrogen (secondary N) is 1. The summed E-state index contributed by atoms with van der Waals surface area (Å²) in [6.07, 6.45) is -1.77. The van der Waals surface area contributed by atoms with Gasteiger partial charge in [-0.1, -0.05) is 11.6 Å². The molecule has 0 fully saturated rings. The van der Waals surface area contributed by atoms with Gasteiger partial charge in [0.05, 0.1) is 7.39 Å². The molecule has 0 saturated heterocycles. The van der Waals surface area contributed by atoms with E-state index in [0.29, 0.717) is 5.56 Å². The Morgan fingerprint density at radius 3 is 2.67 bits per heavy atom. The molecule has 2 atom stereocenters. The Bertz CT molecular complexity index is 495. The number of carbonyl (C=O) groups excluding carboxylic acids is 1. The highest BCUT2D eigenvalue weighted by Crippen LogP contribution is 2.28. The average Bonchev–Trinajstić information content (AvgIpc) is 2.27. The Labute approximate surface area is 116 Å². The van der Waals surface area contributed by atoms with Crippen LogP contribution in [0, 0.1) is 5.82 Å². The molecule has 0 spiro atoms. The molecule has 6 heteroatoms. The van der Waals surface area contributed by atoms with Crippen LogP contribution in [0.4, 0.5) is 8.78 Å². The predicted molar refractivity (Wildman–Crippen MR) is 68.1 cm³/mol. The van der Waals surface area contributed by atoms with Gasteiger partial charge in [-0.3, -0.25) is 4.79 Å². The molecule has 1 aromatic rings. The minimum atomic E-state index is -1.77. The van der Waals surface area contributed by atoms with E-state index in [2.05, 4.69) is 5.32 Å². The van der Waals surface area contributed by atoms with E-state index in [1.54, 1.807) is 0 Å². The molecule has 0 saturated carbocycles. The zero-order valence-corrected chi connectivity index (χ0v) is 11.4. The molecule has 0 unspecified atom stereocenters. The second kappa shape index (κ2) is 6.34. The van der Waals surface area contributed by atoms with E-state index in [4.69, 9.17) is 24.6 Å². The molecule has 0 aliphatic rings. The highest BCUT2D eigenvalue weighted by Gasteiger charge is 2.19. The van der Waals surface area contributed by atoms with Crippen LogP contribution in [0.1, 0.15) is 32.4 Å². The lowest BCUT2D eigenvalue weighted by Gasteiger charge is -2.18. The second-order valence-electron chi connectivity index (χ2n) is 3.78. The van der Waals surface area contributed by atoms with Crippen LogP contribution >= 0.6 is 23.2 Å². The summed E-state index contributed by atoms with van der Waals surface area (Å²) in [4.78, 5) is 11.3. The van der Waals surface area contributed by atoms with E-state index < -0.39 is 23.9 Å². The third-order valence-electron chi connectivity index (χ3n) is 2.37. The minimum Gasteiger partial charge on any atom is -0.347 e. The quantitative estimate of drug-likeness (QED) is 0.842. The molecule has 18 heavy (non-hydrogen) atoms. The van der Waals surface area contributed by atoms with Gasteiger partial charge in [0.1, 0.15) is 5.82 Å². The number of halogens is 4. The van der Waals surface area contributed by atoms with Gasteiger partial charge in [-0.2, -0.15) is 0 Å². The van der Waals surface area contributed by atoms with Crippen LogP contribution in [0.25, 0.3) is 0 Å². The van der Waals surface area contributed by atoms with Crippen LogP contribution in [0.5, 0.6) is 0 Å². The molecule has 1 N–H and O–H groups in total. The van der Waals surface area contributed by atoms with Crippen LogP contribution in [-0.4, -0.2) is 12.1 Å². The van der Waals surface area contributed by atoms with Crippen molar-refractivity contribution >= 4 is 29.1 Å². The maximum absolute atomic E-state index is 13.4. The van der Waals surface area contributed by atoms with Crippen LogP contribution in [0.3, 0.4) is 0 Å². The van der Waals surface area contributed by atoms with Crippen LogP contribution in [-0.2, 0) is 10.7 Å². The molecule has 0 bridgehead atoms. The third kappa shape index (κ3) is 3.56. The van der Waals surface area contributed by atoms with Gasteiger partial charge >= 0.3 is 0 Å². The zero-order chi connectivity index (χ0) is 14.8. The van der Waals surface area contributed by atoms with Gasteiger partial charge in [0.2, 0.25) is 0 Å². The summed E-state index contributed by atoms with van der Waals surface area (Å²) >= 11 is 11.6. The molecule has 0 heterocycles. The van der Waals surface area contributed by atoms with Crippen molar-refractivity contribution in [3.63, 3.8) is 0 Å². The topological polar surface area (TPSA) is 29.1 Å². The lowest BCUT2D eigenvalue weighted by molar-refractivity contribution is -0.126. The van der Waals surface area contributed by atoms with E-state index >= 15 is 0 Å². The summed E-state index contributed by atoms with van der Waals surface area (Å²) in [5.74, 6) is -1.67. The van der Waals surface area contributed by atoms with Crippen molar-refractivity contribution in [2.45, 2.75) is 31.9 Å². The lowest BCUT2D eigenvalue weighted by atomic mass is 10.0. The second-order valence-corrected chi connectivity index (χ2v) is 4.45. The Morgan fingerprint density at radius 2 is 2.17 bits per heavy atom. The fourth-order valence-corrected chi connectivity index (χ4v) is 2.05. The fourth-order valence-electron chi connectivity index (χ4n) is 1.43. The van der Waals surface area contributed by atoms with Crippen LogP contribution in [0.15, 0.2) is 12.1 Å². The van der Waals surface area contributed by atoms with E-state index in [9.17, 15) is 13.6 Å². The van der Waals surface area contributed by atoms with Crippen LogP contribution < -0.4 is 5.32 Å². The smallest absolute Gasteiger partial charge is 0.254 e. The molecule has 2 nitrogen and oxygen atoms in total. The third-order valence-corrected chi connectivity index (χ3v) is 2.97. The molecular formula is C12H13Cl2F2NO. The molecule has 0 aromatic heterocycles. The first-order chi connectivity index (χ1) is 8.69. The van der Waals surface area contributed by atoms with Gasteiger partial charge in [-0.15, -0.1) is 11.6 Å². The van der Waals surface area contributed by atoms with Crippen LogP contribution in [0.2, 0.25) is 5.02 Å². The number of benzene rings is 1. The van der Waals surface area contributed by atoms with E-state index in [1.807, 2.05) is 0 Å². The average molecular weight is 297 g/mol. The monoisotopic (exact) mass is 296 g/mol. The van der Waals surface area contributed by atoms with Crippen molar-refractivity contribution in [2.24, 2.45) is 0 Å². The number of alkyl halides is 2. The summed E-state index contributed by atoms with van der Waals surface area (Å²) in [7, 11) is 0. The Hall–Kier alpha value is -0.870. The highest BCUT2D eigenvalue weighted by molar-refractivity contribution is 6.32. The van der Waals surface area contributed by atoms with Crippen molar-refractivity contribution in [1.82, 2.24) is 5.32 Å². The van der Waals surface area contributed by atoms with Gasteiger partial charge in [0.25, 0.3) is 5.91 Å². The first-order valence-electron chi connectivity index (χ1n) is 5.69.